The molecule has 1 aliphatic heterocycles. The minimum Gasteiger partial charge on any atom is -0.507 e. The number of phenolic OH excluding ortho intramolecular Hbond substituents is 1. The van der Waals surface area contributed by atoms with Crippen molar-refractivity contribution in [3.63, 3.8) is 0 Å². The van der Waals surface area contributed by atoms with Crippen LogP contribution in [0.5, 0.6) is 5.75 Å². The Kier molecular flexibility index (Phi) is 3.16. The molecule has 2 heterocycles. The summed E-state index contributed by atoms with van der Waals surface area (Å²) >= 11 is 0. The van der Waals surface area contributed by atoms with Crippen LogP contribution in [-0.4, -0.2) is 28.5 Å². The highest BCUT2D eigenvalue weighted by molar-refractivity contribution is 5.61. The second-order valence-electron chi connectivity index (χ2n) is 4.51. The third-order valence-electron chi connectivity index (χ3n) is 3.22. The standard InChI is InChI=1S/C13H13FN2O3/c14-9-1-2-11(17)10(7-9)13-15-12(16-19-13)8-3-5-18-6-4-8/h1-2,7-8,17H,3-6H2. The van der Waals surface area contributed by atoms with Crippen LogP contribution in [0.2, 0.25) is 0 Å². The van der Waals surface area contributed by atoms with E-state index >= 15 is 0 Å². The van der Waals surface area contributed by atoms with Crippen LogP contribution in [0.3, 0.4) is 0 Å². The molecule has 1 fully saturated rings. The number of nitrogens with zero attached hydrogens (tertiary/aromatic N) is 2. The molecule has 2 aromatic rings. The zero-order chi connectivity index (χ0) is 13.2. The molecule has 100 valence electrons. The van der Waals surface area contributed by atoms with Gasteiger partial charge in [-0.25, -0.2) is 4.39 Å². The Labute approximate surface area is 109 Å². The minimum atomic E-state index is -0.460. The van der Waals surface area contributed by atoms with Crippen molar-refractivity contribution in [2.75, 3.05) is 13.2 Å². The van der Waals surface area contributed by atoms with Gasteiger partial charge in [-0.05, 0) is 31.0 Å². The highest BCUT2D eigenvalue weighted by atomic mass is 19.1. The van der Waals surface area contributed by atoms with E-state index in [4.69, 9.17) is 9.26 Å². The van der Waals surface area contributed by atoms with Gasteiger partial charge in [0.2, 0.25) is 0 Å². The second-order valence-corrected chi connectivity index (χ2v) is 4.51. The van der Waals surface area contributed by atoms with Crippen molar-refractivity contribution in [1.82, 2.24) is 10.1 Å². The molecule has 5 nitrogen and oxygen atoms in total. The summed E-state index contributed by atoms with van der Waals surface area (Å²) in [6.45, 7) is 1.36. The summed E-state index contributed by atoms with van der Waals surface area (Å²) in [5, 5.41) is 13.6. The molecule has 0 aliphatic carbocycles. The van der Waals surface area contributed by atoms with E-state index in [-0.39, 0.29) is 23.1 Å². The maximum atomic E-state index is 13.2. The minimum absolute atomic E-state index is 0.0800. The average Bonchev–Trinajstić information content (AvgIpc) is 2.92. The lowest BCUT2D eigenvalue weighted by Crippen LogP contribution is -2.15. The molecule has 1 N–H and O–H groups in total. The lowest BCUT2D eigenvalue weighted by atomic mass is 10.00. The second kappa shape index (κ2) is 4.97. The predicted molar refractivity (Wildman–Crippen MR) is 64.2 cm³/mol. The number of aromatic nitrogens is 2. The van der Waals surface area contributed by atoms with Crippen LogP contribution in [0, 0.1) is 5.82 Å². The summed E-state index contributed by atoms with van der Waals surface area (Å²) in [7, 11) is 0. The van der Waals surface area contributed by atoms with E-state index in [0.717, 1.165) is 12.8 Å². The van der Waals surface area contributed by atoms with E-state index in [0.29, 0.717) is 19.0 Å². The van der Waals surface area contributed by atoms with Gasteiger partial charge in [0.15, 0.2) is 5.82 Å². The molecular weight excluding hydrogens is 251 g/mol. The van der Waals surface area contributed by atoms with Crippen molar-refractivity contribution < 1.29 is 18.8 Å². The molecular formula is C13H13FN2O3. The zero-order valence-corrected chi connectivity index (χ0v) is 10.2. The quantitative estimate of drug-likeness (QED) is 0.902. The number of hydrogen-bond donors (Lipinski definition) is 1. The van der Waals surface area contributed by atoms with Crippen molar-refractivity contribution in [3.05, 3.63) is 29.8 Å². The maximum Gasteiger partial charge on any atom is 0.261 e. The molecule has 0 amide bonds. The van der Waals surface area contributed by atoms with E-state index in [9.17, 15) is 9.50 Å². The molecule has 1 aromatic heterocycles. The van der Waals surface area contributed by atoms with Crippen LogP contribution in [0.25, 0.3) is 11.5 Å². The van der Waals surface area contributed by atoms with Gasteiger partial charge in [0.05, 0.1) is 5.56 Å². The fraction of sp³-hybridized carbons (Fsp3) is 0.385. The van der Waals surface area contributed by atoms with Crippen LogP contribution in [0.15, 0.2) is 22.7 Å². The van der Waals surface area contributed by atoms with E-state index in [1.807, 2.05) is 0 Å². The lowest BCUT2D eigenvalue weighted by Gasteiger charge is -2.18. The summed E-state index contributed by atoms with van der Waals surface area (Å²) in [6.07, 6.45) is 1.68. The van der Waals surface area contributed by atoms with Gasteiger partial charge in [-0.2, -0.15) is 4.98 Å². The molecule has 1 aliphatic rings. The number of phenols is 1. The Morgan fingerprint density at radius 2 is 2.05 bits per heavy atom. The fourth-order valence-corrected chi connectivity index (χ4v) is 2.15. The normalized spacial score (nSPS) is 16.7. The topological polar surface area (TPSA) is 68.4 Å². The van der Waals surface area contributed by atoms with Crippen LogP contribution < -0.4 is 0 Å². The summed E-state index contributed by atoms with van der Waals surface area (Å²) in [6, 6.07) is 3.62. The molecule has 0 radical (unpaired) electrons. The third-order valence-corrected chi connectivity index (χ3v) is 3.22. The third kappa shape index (κ3) is 2.44. The van der Waals surface area contributed by atoms with E-state index < -0.39 is 5.82 Å². The molecule has 6 heteroatoms. The van der Waals surface area contributed by atoms with Gasteiger partial charge < -0.3 is 14.4 Å². The van der Waals surface area contributed by atoms with Gasteiger partial charge >= 0.3 is 0 Å². The van der Waals surface area contributed by atoms with Gasteiger partial charge in [-0.15, -0.1) is 0 Å². The molecule has 3 rings (SSSR count). The Morgan fingerprint density at radius 3 is 2.84 bits per heavy atom. The molecule has 0 saturated carbocycles. The molecule has 0 atom stereocenters. The molecule has 0 unspecified atom stereocenters. The first-order valence-electron chi connectivity index (χ1n) is 6.14. The molecule has 0 bridgehead atoms. The number of halogens is 1. The van der Waals surface area contributed by atoms with Crippen LogP contribution in [-0.2, 0) is 4.74 Å². The van der Waals surface area contributed by atoms with Gasteiger partial charge in [-0.1, -0.05) is 5.16 Å². The number of hydrogen-bond acceptors (Lipinski definition) is 5. The number of aromatic hydroxyl groups is 1. The smallest absolute Gasteiger partial charge is 0.261 e. The monoisotopic (exact) mass is 264 g/mol. The number of benzene rings is 1. The highest BCUT2D eigenvalue weighted by Crippen LogP contribution is 2.31. The summed E-state index contributed by atoms with van der Waals surface area (Å²) in [5.74, 6) is 0.379. The Morgan fingerprint density at radius 1 is 1.26 bits per heavy atom. The molecule has 0 spiro atoms. The first-order chi connectivity index (χ1) is 9.24. The van der Waals surface area contributed by atoms with Gasteiger partial charge in [0.1, 0.15) is 11.6 Å². The van der Waals surface area contributed by atoms with Gasteiger partial charge in [0.25, 0.3) is 5.89 Å². The van der Waals surface area contributed by atoms with E-state index in [1.165, 1.54) is 18.2 Å². The fourth-order valence-electron chi connectivity index (χ4n) is 2.15. The van der Waals surface area contributed by atoms with Crippen LogP contribution in [0.1, 0.15) is 24.6 Å². The average molecular weight is 264 g/mol. The van der Waals surface area contributed by atoms with Crippen LogP contribution in [0.4, 0.5) is 4.39 Å². The van der Waals surface area contributed by atoms with Gasteiger partial charge in [0, 0.05) is 19.1 Å². The lowest BCUT2D eigenvalue weighted by molar-refractivity contribution is 0.0830. The Hall–Kier alpha value is -1.95. The molecule has 1 saturated heterocycles. The van der Waals surface area contributed by atoms with Crippen LogP contribution >= 0.6 is 0 Å². The molecule has 19 heavy (non-hydrogen) atoms. The number of rotatable bonds is 2. The van der Waals surface area contributed by atoms with Crippen molar-refractivity contribution in [3.8, 4) is 17.2 Å². The zero-order valence-electron chi connectivity index (χ0n) is 10.2. The Balaban J connectivity index is 1.89. The first-order valence-corrected chi connectivity index (χ1v) is 6.14. The summed E-state index contributed by atoms with van der Waals surface area (Å²) in [4.78, 5) is 4.25. The SMILES string of the molecule is Oc1ccc(F)cc1-c1nc(C2CCOCC2)no1. The highest BCUT2D eigenvalue weighted by Gasteiger charge is 2.22. The van der Waals surface area contributed by atoms with Crippen molar-refractivity contribution >= 4 is 0 Å². The van der Waals surface area contributed by atoms with Gasteiger partial charge in [-0.3, -0.25) is 0 Å². The van der Waals surface area contributed by atoms with Crippen molar-refractivity contribution in [2.45, 2.75) is 18.8 Å². The van der Waals surface area contributed by atoms with Crippen molar-refractivity contribution in [1.29, 1.82) is 0 Å². The van der Waals surface area contributed by atoms with E-state index in [1.54, 1.807) is 0 Å². The predicted octanol–water partition coefficient (Wildman–Crippen LogP) is 2.48. The first kappa shape index (κ1) is 12.1. The van der Waals surface area contributed by atoms with E-state index in [2.05, 4.69) is 10.1 Å². The maximum absolute atomic E-state index is 13.2. The summed E-state index contributed by atoms with van der Waals surface area (Å²) in [5.41, 5.74) is 0.214. The summed E-state index contributed by atoms with van der Waals surface area (Å²) < 4.78 is 23.6. The largest absolute Gasteiger partial charge is 0.507 e. The Bertz CT molecular complexity index is 579. The van der Waals surface area contributed by atoms with Crippen molar-refractivity contribution in [2.24, 2.45) is 0 Å². The molecule has 1 aromatic carbocycles. The number of ether oxygens (including phenoxy) is 1.